The molecule has 0 heterocycles. The highest BCUT2D eigenvalue weighted by molar-refractivity contribution is 6.46. The summed E-state index contributed by atoms with van der Waals surface area (Å²) in [6, 6.07) is 18.6. The Morgan fingerprint density at radius 1 is 1.09 bits per heavy atom. The molecule has 1 unspecified atom stereocenters. The lowest BCUT2D eigenvalue weighted by Crippen LogP contribution is -2.46. The Morgan fingerprint density at radius 3 is 2.18 bits per heavy atom. The highest BCUT2D eigenvalue weighted by Gasteiger charge is 2.23. The number of benzene rings is 2. The molecule has 5 heteroatoms. The molecule has 0 spiro atoms. The Hall–Kier alpha value is -2.11. The predicted molar refractivity (Wildman–Crippen MR) is 87.1 cm³/mol. The van der Waals surface area contributed by atoms with Gasteiger partial charge in [0.15, 0.2) is 0 Å². The van der Waals surface area contributed by atoms with Crippen molar-refractivity contribution in [1.29, 1.82) is 0 Å². The molecule has 0 aliphatic rings. The third-order valence-corrected chi connectivity index (χ3v) is 3.23. The van der Waals surface area contributed by atoms with Crippen molar-refractivity contribution in [3.8, 4) is 0 Å². The van der Waals surface area contributed by atoms with Crippen LogP contribution in [0.15, 0.2) is 60.7 Å². The molecular weight excluding hydrogens is 277 g/mol. The number of nitrogens with one attached hydrogen (secondary N) is 1. The second-order valence-corrected chi connectivity index (χ2v) is 5.18. The van der Waals surface area contributed by atoms with Crippen molar-refractivity contribution in [2.75, 3.05) is 0 Å². The Bertz CT molecular complexity index is 575. The number of carbonyl (C=O) groups excluding carboxylic acids is 1. The molecule has 22 heavy (non-hydrogen) atoms. The van der Waals surface area contributed by atoms with E-state index in [0.717, 1.165) is 11.1 Å². The first-order chi connectivity index (χ1) is 10.6. The predicted octanol–water partition coefficient (Wildman–Crippen LogP) is 2.04. The maximum Gasteiger partial charge on any atom is 0.374 e. The fraction of sp³-hybridized carbons (Fsp3) is 0.235. The number of carbonyl (C=O) groups is 1. The molecule has 114 valence electrons. The molecule has 0 aromatic heterocycles. The first kappa shape index (κ1) is 16.3. The van der Waals surface area contributed by atoms with Gasteiger partial charge in [-0.1, -0.05) is 60.7 Å². The monoisotopic (exact) mass is 297 g/mol. The summed E-state index contributed by atoms with van der Waals surface area (Å²) < 4.78 is 5.35. The van der Waals surface area contributed by atoms with Crippen LogP contribution < -0.4 is 5.23 Å². The maximum absolute atomic E-state index is 12.3. The zero-order valence-corrected chi connectivity index (χ0v) is 12.6. The van der Waals surface area contributed by atoms with Crippen molar-refractivity contribution in [2.24, 2.45) is 0 Å². The first-order valence-corrected chi connectivity index (χ1v) is 7.34. The normalized spacial score (nSPS) is 11.7. The molecule has 0 aliphatic heterocycles. The van der Waals surface area contributed by atoms with Crippen LogP contribution in [-0.2, 0) is 22.6 Å². The van der Waals surface area contributed by atoms with Crippen LogP contribution in [0.25, 0.3) is 0 Å². The van der Waals surface area contributed by atoms with E-state index in [9.17, 15) is 9.82 Å². The summed E-state index contributed by atoms with van der Waals surface area (Å²) in [5.74, 6) is -0.367. The Kier molecular flexibility index (Phi) is 6.19. The van der Waals surface area contributed by atoms with Gasteiger partial charge >= 0.3 is 13.0 Å². The molecule has 1 atom stereocenters. The summed E-state index contributed by atoms with van der Waals surface area (Å²) in [4.78, 5) is 12.3. The standard InChI is InChI=1S/C17H20BNO3/c1-18(21)19-16(12-14-8-4-2-5-9-14)17(20)22-13-15-10-6-3-7-11-15/h2-11,16,19,21H,12-13H2,1H3. The van der Waals surface area contributed by atoms with E-state index in [2.05, 4.69) is 5.23 Å². The van der Waals surface area contributed by atoms with Crippen molar-refractivity contribution in [1.82, 2.24) is 5.23 Å². The molecule has 0 aliphatic carbocycles. The lowest BCUT2D eigenvalue weighted by Gasteiger charge is -2.18. The van der Waals surface area contributed by atoms with Crippen LogP contribution >= 0.6 is 0 Å². The van der Waals surface area contributed by atoms with E-state index < -0.39 is 13.1 Å². The number of rotatable bonds is 7. The second-order valence-electron chi connectivity index (χ2n) is 5.18. The second kappa shape index (κ2) is 8.36. The SMILES string of the molecule is CB(O)NC(Cc1ccccc1)C(=O)OCc1ccccc1. The van der Waals surface area contributed by atoms with Gasteiger partial charge in [0.25, 0.3) is 0 Å². The van der Waals surface area contributed by atoms with Crippen molar-refractivity contribution in [3.63, 3.8) is 0 Å². The van der Waals surface area contributed by atoms with Crippen molar-refractivity contribution < 1.29 is 14.6 Å². The van der Waals surface area contributed by atoms with E-state index in [0.29, 0.717) is 6.42 Å². The minimum absolute atomic E-state index is 0.229. The zero-order valence-electron chi connectivity index (χ0n) is 12.6. The number of hydrogen-bond donors (Lipinski definition) is 2. The number of ether oxygens (including phenoxy) is 1. The van der Waals surface area contributed by atoms with Crippen LogP contribution in [-0.4, -0.2) is 24.1 Å². The third-order valence-electron chi connectivity index (χ3n) is 3.23. The minimum Gasteiger partial charge on any atom is -0.460 e. The molecule has 2 aromatic rings. The average molecular weight is 297 g/mol. The molecule has 0 bridgehead atoms. The number of esters is 1. The highest BCUT2D eigenvalue weighted by atomic mass is 16.5. The third kappa shape index (κ3) is 5.35. The quantitative estimate of drug-likeness (QED) is 0.606. The largest absolute Gasteiger partial charge is 0.460 e. The van der Waals surface area contributed by atoms with Gasteiger partial charge in [0.2, 0.25) is 0 Å². The number of hydrogen-bond acceptors (Lipinski definition) is 4. The lowest BCUT2D eigenvalue weighted by molar-refractivity contribution is -0.147. The van der Waals surface area contributed by atoms with E-state index in [1.165, 1.54) is 0 Å². The van der Waals surface area contributed by atoms with Crippen LogP contribution in [0.4, 0.5) is 0 Å². The van der Waals surface area contributed by atoms with Crippen LogP contribution in [0.2, 0.25) is 6.82 Å². The summed E-state index contributed by atoms with van der Waals surface area (Å²) in [5.41, 5.74) is 1.95. The van der Waals surface area contributed by atoms with Gasteiger partial charge in [-0.3, -0.25) is 4.79 Å². The Labute approximate surface area is 131 Å². The van der Waals surface area contributed by atoms with Crippen LogP contribution in [0.3, 0.4) is 0 Å². The smallest absolute Gasteiger partial charge is 0.374 e. The van der Waals surface area contributed by atoms with Gasteiger partial charge in [-0.25, -0.2) is 0 Å². The zero-order chi connectivity index (χ0) is 15.8. The molecule has 0 amide bonds. The summed E-state index contributed by atoms with van der Waals surface area (Å²) in [6.07, 6.45) is 0.472. The summed E-state index contributed by atoms with van der Waals surface area (Å²) >= 11 is 0. The molecule has 2 aromatic carbocycles. The molecule has 0 saturated heterocycles. The van der Waals surface area contributed by atoms with Gasteiger partial charge in [0.05, 0.1) is 0 Å². The molecule has 2 N–H and O–H groups in total. The summed E-state index contributed by atoms with van der Waals surface area (Å²) in [6.45, 7) is 1.81. The average Bonchev–Trinajstić information content (AvgIpc) is 2.53. The Morgan fingerprint density at radius 2 is 1.64 bits per heavy atom. The van der Waals surface area contributed by atoms with Gasteiger partial charge in [-0.2, -0.15) is 0 Å². The van der Waals surface area contributed by atoms with E-state index in [1.807, 2.05) is 60.7 Å². The van der Waals surface area contributed by atoms with E-state index in [-0.39, 0.29) is 12.6 Å². The van der Waals surface area contributed by atoms with Gasteiger partial charge in [-0.05, 0) is 24.4 Å². The van der Waals surface area contributed by atoms with Gasteiger partial charge < -0.3 is 15.0 Å². The lowest BCUT2D eigenvalue weighted by atomic mass is 9.86. The minimum atomic E-state index is -0.780. The summed E-state index contributed by atoms with van der Waals surface area (Å²) in [5, 5.41) is 12.4. The first-order valence-electron chi connectivity index (χ1n) is 7.34. The van der Waals surface area contributed by atoms with Crippen molar-refractivity contribution in [2.45, 2.75) is 25.9 Å². The van der Waals surface area contributed by atoms with Crippen LogP contribution in [0.1, 0.15) is 11.1 Å². The van der Waals surface area contributed by atoms with Crippen molar-refractivity contribution >= 4 is 13.0 Å². The van der Waals surface area contributed by atoms with Gasteiger partial charge in [0, 0.05) is 0 Å². The topological polar surface area (TPSA) is 58.6 Å². The molecule has 0 saturated carbocycles. The fourth-order valence-electron chi connectivity index (χ4n) is 2.18. The van der Waals surface area contributed by atoms with E-state index >= 15 is 0 Å². The van der Waals surface area contributed by atoms with Crippen LogP contribution in [0.5, 0.6) is 0 Å². The molecule has 4 nitrogen and oxygen atoms in total. The maximum atomic E-state index is 12.3. The Balaban J connectivity index is 1.96. The fourth-order valence-corrected chi connectivity index (χ4v) is 2.18. The van der Waals surface area contributed by atoms with Crippen molar-refractivity contribution in [3.05, 3.63) is 71.8 Å². The van der Waals surface area contributed by atoms with Crippen LogP contribution in [0, 0.1) is 0 Å². The van der Waals surface area contributed by atoms with E-state index in [1.54, 1.807) is 6.82 Å². The summed E-state index contributed by atoms with van der Waals surface area (Å²) in [7, 11) is -0.780. The molecule has 0 radical (unpaired) electrons. The highest BCUT2D eigenvalue weighted by Crippen LogP contribution is 2.07. The molecule has 2 rings (SSSR count). The van der Waals surface area contributed by atoms with Gasteiger partial charge in [0.1, 0.15) is 12.6 Å². The van der Waals surface area contributed by atoms with Gasteiger partial charge in [-0.15, -0.1) is 0 Å². The molecule has 0 fully saturated rings. The molecular formula is C17H20BNO3. The van der Waals surface area contributed by atoms with E-state index in [4.69, 9.17) is 4.74 Å².